The predicted octanol–water partition coefficient (Wildman–Crippen LogP) is 2.31. The van der Waals surface area contributed by atoms with Gasteiger partial charge in [-0.1, -0.05) is 20.8 Å². The van der Waals surface area contributed by atoms with Crippen molar-refractivity contribution in [2.45, 2.75) is 65.0 Å². The molecule has 1 aliphatic heterocycles. The molecule has 0 radical (unpaired) electrons. The first-order valence-electron chi connectivity index (χ1n) is 7.94. The molecule has 0 aromatic rings. The Bertz CT molecular complexity index is 204. The van der Waals surface area contributed by atoms with Gasteiger partial charge in [0.15, 0.2) is 0 Å². The second-order valence-electron chi connectivity index (χ2n) is 5.54. The zero-order valence-corrected chi connectivity index (χ0v) is 12.7. The van der Waals surface area contributed by atoms with Crippen LogP contribution in [0.5, 0.6) is 0 Å². The average Bonchev–Trinajstić information content (AvgIpc) is 2.64. The molecule has 1 unspecified atom stereocenters. The fourth-order valence-corrected chi connectivity index (χ4v) is 3.33. The molecule has 1 fully saturated rings. The van der Waals surface area contributed by atoms with Crippen LogP contribution < -0.4 is 5.73 Å². The number of nitrogens with zero attached hydrogens (tertiary/aromatic N) is 2. The summed E-state index contributed by atoms with van der Waals surface area (Å²) < 4.78 is 0. The third-order valence-electron chi connectivity index (χ3n) is 4.51. The summed E-state index contributed by atoms with van der Waals surface area (Å²) in [5, 5.41) is 0. The van der Waals surface area contributed by atoms with Crippen molar-refractivity contribution in [3.05, 3.63) is 0 Å². The Kier molecular flexibility index (Phi) is 7.87. The van der Waals surface area contributed by atoms with Crippen molar-refractivity contribution < 1.29 is 0 Å². The van der Waals surface area contributed by atoms with Crippen molar-refractivity contribution in [2.24, 2.45) is 5.73 Å². The molecule has 2 N–H and O–H groups in total. The maximum atomic E-state index is 5.73. The fraction of sp³-hybridized carbons (Fsp3) is 1.00. The van der Waals surface area contributed by atoms with Gasteiger partial charge >= 0.3 is 0 Å². The Morgan fingerprint density at radius 1 is 0.833 bits per heavy atom. The van der Waals surface area contributed by atoms with Crippen LogP contribution in [0.3, 0.4) is 0 Å². The van der Waals surface area contributed by atoms with Crippen LogP contribution in [0, 0.1) is 0 Å². The monoisotopic (exact) mass is 255 g/mol. The van der Waals surface area contributed by atoms with E-state index in [4.69, 9.17) is 5.73 Å². The number of nitrogens with two attached hydrogens (primary N) is 1. The molecule has 0 aromatic carbocycles. The van der Waals surface area contributed by atoms with Gasteiger partial charge in [0.2, 0.25) is 0 Å². The highest BCUT2D eigenvalue weighted by Gasteiger charge is 2.23. The molecule has 3 nitrogen and oxygen atoms in total. The van der Waals surface area contributed by atoms with E-state index in [0.717, 1.165) is 19.0 Å². The van der Waals surface area contributed by atoms with Crippen LogP contribution in [-0.2, 0) is 0 Å². The van der Waals surface area contributed by atoms with Gasteiger partial charge in [0.05, 0.1) is 0 Å². The molecular weight excluding hydrogens is 222 g/mol. The first-order chi connectivity index (χ1) is 8.76. The van der Waals surface area contributed by atoms with E-state index in [-0.39, 0.29) is 0 Å². The summed E-state index contributed by atoms with van der Waals surface area (Å²) in [4.78, 5) is 5.38. The lowest BCUT2D eigenvalue weighted by Crippen LogP contribution is -2.41. The summed E-state index contributed by atoms with van der Waals surface area (Å²) in [6.07, 6.45) is 6.29. The van der Waals surface area contributed by atoms with E-state index < -0.39 is 0 Å². The van der Waals surface area contributed by atoms with Crippen LogP contribution in [0.2, 0.25) is 0 Å². The quantitative estimate of drug-likeness (QED) is 0.758. The van der Waals surface area contributed by atoms with Gasteiger partial charge in [0.1, 0.15) is 0 Å². The maximum Gasteiger partial charge on any atom is 0.0112 e. The zero-order valence-electron chi connectivity index (χ0n) is 12.7. The van der Waals surface area contributed by atoms with Crippen LogP contribution in [0.4, 0.5) is 0 Å². The molecule has 1 atom stereocenters. The van der Waals surface area contributed by atoms with Gasteiger partial charge in [-0.2, -0.15) is 0 Å². The van der Waals surface area contributed by atoms with Crippen molar-refractivity contribution in [1.29, 1.82) is 0 Å². The summed E-state index contributed by atoms with van der Waals surface area (Å²) in [6.45, 7) is 12.8. The van der Waals surface area contributed by atoms with Gasteiger partial charge in [-0.3, -0.25) is 9.80 Å². The van der Waals surface area contributed by atoms with E-state index in [1.165, 1.54) is 51.9 Å². The Morgan fingerprint density at radius 3 is 1.78 bits per heavy atom. The lowest BCUT2D eigenvalue weighted by atomic mass is 10.1. The topological polar surface area (TPSA) is 32.5 Å². The highest BCUT2D eigenvalue weighted by molar-refractivity contribution is 4.79. The SMILES string of the molecule is CCC(CC)N1CCCN(C(CC)CCN)CC1. The average molecular weight is 255 g/mol. The van der Waals surface area contributed by atoms with Crippen molar-refractivity contribution in [2.75, 3.05) is 32.7 Å². The Balaban J connectivity index is 2.49. The van der Waals surface area contributed by atoms with Crippen LogP contribution in [0.15, 0.2) is 0 Å². The van der Waals surface area contributed by atoms with E-state index in [9.17, 15) is 0 Å². The number of hydrogen-bond donors (Lipinski definition) is 1. The molecule has 1 aliphatic rings. The van der Waals surface area contributed by atoms with Gasteiger partial charge in [-0.05, 0) is 51.7 Å². The third-order valence-corrected chi connectivity index (χ3v) is 4.51. The molecule has 3 heteroatoms. The standard InChI is InChI=1S/C15H33N3/c1-4-14(5-2)17-10-7-11-18(13-12-17)15(6-3)8-9-16/h14-15H,4-13,16H2,1-3H3. The van der Waals surface area contributed by atoms with Crippen LogP contribution in [-0.4, -0.2) is 54.6 Å². The Morgan fingerprint density at radius 2 is 1.33 bits per heavy atom. The lowest BCUT2D eigenvalue weighted by Gasteiger charge is -2.31. The summed E-state index contributed by atoms with van der Waals surface area (Å²) >= 11 is 0. The summed E-state index contributed by atoms with van der Waals surface area (Å²) in [6, 6.07) is 1.50. The molecule has 108 valence electrons. The van der Waals surface area contributed by atoms with Crippen LogP contribution >= 0.6 is 0 Å². The van der Waals surface area contributed by atoms with E-state index >= 15 is 0 Å². The highest BCUT2D eigenvalue weighted by atomic mass is 15.2. The number of hydrogen-bond acceptors (Lipinski definition) is 3. The second kappa shape index (κ2) is 8.89. The first kappa shape index (κ1) is 15.9. The van der Waals surface area contributed by atoms with Crippen LogP contribution in [0.1, 0.15) is 52.9 Å². The minimum atomic E-state index is 0.705. The van der Waals surface area contributed by atoms with E-state index in [1.807, 2.05) is 0 Å². The van der Waals surface area contributed by atoms with Gasteiger partial charge in [-0.15, -0.1) is 0 Å². The maximum absolute atomic E-state index is 5.73. The molecule has 0 amide bonds. The summed E-state index contributed by atoms with van der Waals surface area (Å²) in [7, 11) is 0. The van der Waals surface area contributed by atoms with E-state index in [2.05, 4.69) is 30.6 Å². The minimum absolute atomic E-state index is 0.705. The Hall–Kier alpha value is -0.120. The van der Waals surface area contributed by atoms with Gasteiger partial charge in [0, 0.05) is 25.2 Å². The van der Waals surface area contributed by atoms with Gasteiger partial charge < -0.3 is 5.73 Å². The molecule has 1 heterocycles. The fourth-order valence-electron chi connectivity index (χ4n) is 3.33. The van der Waals surface area contributed by atoms with Crippen molar-refractivity contribution in [1.82, 2.24) is 9.80 Å². The van der Waals surface area contributed by atoms with Crippen molar-refractivity contribution >= 4 is 0 Å². The third kappa shape index (κ3) is 4.52. The van der Waals surface area contributed by atoms with Crippen molar-refractivity contribution in [3.8, 4) is 0 Å². The molecular formula is C15H33N3. The predicted molar refractivity (Wildman–Crippen MR) is 79.9 cm³/mol. The largest absolute Gasteiger partial charge is 0.330 e. The molecule has 0 aromatic heterocycles. The molecule has 1 saturated heterocycles. The smallest absolute Gasteiger partial charge is 0.0112 e. The molecule has 1 rings (SSSR count). The van der Waals surface area contributed by atoms with Gasteiger partial charge in [0.25, 0.3) is 0 Å². The lowest BCUT2D eigenvalue weighted by molar-refractivity contribution is 0.165. The Labute approximate surface area is 114 Å². The van der Waals surface area contributed by atoms with Crippen LogP contribution in [0.25, 0.3) is 0 Å². The first-order valence-corrected chi connectivity index (χ1v) is 7.94. The second-order valence-corrected chi connectivity index (χ2v) is 5.54. The molecule has 18 heavy (non-hydrogen) atoms. The van der Waals surface area contributed by atoms with Gasteiger partial charge in [-0.25, -0.2) is 0 Å². The van der Waals surface area contributed by atoms with E-state index in [0.29, 0.717) is 6.04 Å². The summed E-state index contributed by atoms with van der Waals surface area (Å²) in [5.41, 5.74) is 5.73. The molecule has 0 bridgehead atoms. The molecule has 0 saturated carbocycles. The molecule has 0 aliphatic carbocycles. The highest BCUT2D eigenvalue weighted by Crippen LogP contribution is 2.16. The summed E-state index contributed by atoms with van der Waals surface area (Å²) in [5.74, 6) is 0. The normalized spacial score (nSPS) is 21.2. The number of rotatable bonds is 7. The minimum Gasteiger partial charge on any atom is -0.330 e. The van der Waals surface area contributed by atoms with Crippen molar-refractivity contribution in [3.63, 3.8) is 0 Å². The zero-order chi connectivity index (χ0) is 13.4. The molecule has 0 spiro atoms. The van der Waals surface area contributed by atoms with E-state index in [1.54, 1.807) is 0 Å².